The number of amides is 1. The molecule has 2 rings (SSSR count). The van der Waals surface area contributed by atoms with E-state index in [0.29, 0.717) is 19.0 Å². The SMILES string of the molecule is CC(C(=O)N1C[C@@H](C)[C@](C)(C(=O)O)C1)C1CC1. The predicted octanol–water partition coefficient (Wildman–Crippen LogP) is 1.60. The Labute approximate surface area is 102 Å². The van der Waals surface area contributed by atoms with E-state index in [9.17, 15) is 14.7 Å². The Kier molecular flexibility index (Phi) is 2.92. The van der Waals surface area contributed by atoms with Gasteiger partial charge in [0, 0.05) is 19.0 Å². The predicted molar refractivity (Wildman–Crippen MR) is 63.4 cm³/mol. The zero-order chi connectivity index (χ0) is 12.8. The Morgan fingerprint density at radius 2 is 2.00 bits per heavy atom. The number of carbonyl (C=O) groups excluding carboxylic acids is 1. The van der Waals surface area contributed by atoms with Crippen LogP contribution in [0.4, 0.5) is 0 Å². The van der Waals surface area contributed by atoms with Crippen LogP contribution in [0, 0.1) is 23.2 Å². The van der Waals surface area contributed by atoms with Gasteiger partial charge in [-0.05, 0) is 31.6 Å². The average molecular weight is 239 g/mol. The molecule has 2 fully saturated rings. The zero-order valence-electron chi connectivity index (χ0n) is 10.8. The zero-order valence-corrected chi connectivity index (χ0v) is 10.8. The van der Waals surface area contributed by atoms with Gasteiger partial charge in [0.1, 0.15) is 0 Å². The van der Waals surface area contributed by atoms with Gasteiger partial charge in [-0.25, -0.2) is 0 Å². The van der Waals surface area contributed by atoms with Crippen LogP contribution in [0.5, 0.6) is 0 Å². The summed E-state index contributed by atoms with van der Waals surface area (Å²) in [7, 11) is 0. The maximum atomic E-state index is 12.2. The van der Waals surface area contributed by atoms with E-state index in [1.165, 1.54) is 0 Å². The van der Waals surface area contributed by atoms with Gasteiger partial charge < -0.3 is 10.0 Å². The third-order valence-corrected chi connectivity index (χ3v) is 4.62. The van der Waals surface area contributed by atoms with Crippen LogP contribution in [0.25, 0.3) is 0 Å². The third kappa shape index (κ3) is 2.05. The summed E-state index contributed by atoms with van der Waals surface area (Å²) in [5, 5.41) is 9.26. The largest absolute Gasteiger partial charge is 0.481 e. The Balaban J connectivity index is 2.05. The quantitative estimate of drug-likeness (QED) is 0.814. The van der Waals surface area contributed by atoms with E-state index in [1.807, 2.05) is 13.8 Å². The van der Waals surface area contributed by atoms with Crippen molar-refractivity contribution >= 4 is 11.9 Å². The molecule has 96 valence electrons. The van der Waals surface area contributed by atoms with E-state index in [4.69, 9.17) is 0 Å². The molecule has 0 aromatic rings. The van der Waals surface area contributed by atoms with E-state index in [0.717, 1.165) is 12.8 Å². The number of rotatable bonds is 3. The highest BCUT2D eigenvalue weighted by molar-refractivity contribution is 5.82. The van der Waals surface area contributed by atoms with Crippen LogP contribution in [0.2, 0.25) is 0 Å². The van der Waals surface area contributed by atoms with Crippen molar-refractivity contribution in [1.82, 2.24) is 4.90 Å². The van der Waals surface area contributed by atoms with Gasteiger partial charge >= 0.3 is 5.97 Å². The summed E-state index contributed by atoms with van der Waals surface area (Å²) in [6.45, 7) is 6.58. The Hall–Kier alpha value is -1.06. The molecular formula is C13H21NO3. The second kappa shape index (κ2) is 4.00. The Bertz CT molecular complexity index is 351. The molecule has 1 aliphatic heterocycles. The molecule has 4 heteroatoms. The third-order valence-electron chi connectivity index (χ3n) is 4.62. The lowest BCUT2D eigenvalue weighted by atomic mass is 9.81. The summed E-state index contributed by atoms with van der Waals surface area (Å²) >= 11 is 0. The number of likely N-dealkylation sites (tertiary alicyclic amines) is 1. The number of hydrogen-bond acceptors (Lipinski definition) is 2. The summed E-state index contributed by atoms with van der Waals surface area (Å²) in [6, 6.07) is 0. The van der Waals surface area contributed by atoms with E-state index >= 15 is 0 Å². The molecule has 3 atom stereocenters. The summed E-state index contributed by atoms with van der Waals surface area (Å²) in [6.07, 6.45) is 2.29. The molecule has 1 saturated heterocycles. The number of hydrogen-bond donors (Lipinski definition) is 1. The van der Waals surface area contributed by atoms with Crippen molar-refractivity contribution in [3.63, 3.8) is 0 Å². The number of carbonyl (C=O) groups is 2. The fourth-order valence-corrected chi connectivity index (χ4v) is 2.68. The molecule has 1 saturated carbocycles. The Morgan fingerprint density at radius 1 is 1.41 bits per heavy atom. The molecule has 0 spiro atoms. The van der Waals surface area contributed by atoms with E-state index in [-0.39, 0.29) is 17.7 Å². The van der Waals surface area contributed by atoms with Crippen LogP contribution in [-0.4, -0.2) is 35.0 Å². The van der Waals surface area contributed by atoms with E-state index in [1.54, 1.807) is 11.8 Å². The lowest BCUT2D eigenvalue weighted by Gasteiger charge is -2.23. The van der Waals surface area contributed by atoms with Crippen molar-refractivity contribution in [2.24, 2.45) is 23.2 Å². The maximum absolute atomic E-state index is 12.2. The van der Waals surface area contributed by atoms with Crippen LogP contribution in [-0.2, 0) is 9.59 Å². The van der Waals surface area contributed by atoms with Gasteiger partial charge in [-0.1, -0.05) is 13.8 Å². The van der Waals surface area contributed by atoms with Gasteiger partial charge in [-0.3, -0.25) is 9.59 Å². The molecule has 0 bridgehead atoms. The summed E-state index contributed by atoms with van der Waals surface area (Å²) in [4.78, 5) is 25.2. The van der Waals surface area contributed by atoms with Gasteiger partial charge in [0.05, 0.1) is 5.41 Å². The van der Waals surface area contributed by atoms with Gasteiger partial charge in [-0.2, -0.15) is 0 Å². The molecular weight excluding hydrogens is 218 g/mol. The van der Waals surface area contributed by atoms with Crippen molar-refractivity contribution in [1.29, 1.82) is 0 Å². The van der Waals surface area contributed by atoms with Crippen LogP contribution < -0.4 is 0 Å². The molecule has 0 aromatic heterocycles. The lowest BCUT2D eigenvalue weighted by molar-refractivity contribution is -0.149. The highest BCUT2D eigenvalue weighted by Gasteiger charge is 2.49. The molecule has 1 N–H and O–H groups in total. The standard InChI is InChI=1S/C13H21NO3/c1-8-6-14(7-13(8,3)12(16)17)11(15)9(2)10-4-5-10/h8-10H,4-7H2,1-3H3,(H,16,17)/t8-,9?,13-/m1/s1. The monoisotopic (exact) mass is 239 g/mol. The molecule has 17 heavy (non-hydrogen) atoms. The first-order chi connectivity index (χ1) is 7.86. The average Bonchev–Trinajstić information content (AvgIpc) is 3.05. The molecule has 1 aliphatic carbocycles. The summed E-state index contributed by atoms with van der Waals surface area (Å²) in [5.41, 5.74) is -0.779. The molecule has 1 heterocycles. The van der Waals surface area contributed by atoms with Gasteiger partial charge in [0.2, 0.25) is 5.91 Å². The second-order valence-corrected chi connectivity index (χ2v) is 5.97. The molecule has 2 aliphatic rings. The van der Waals surface area contributed by atoms with Crippen LogP contribution in [0.15, 0.2) is 0 Å². The fraction of sp³-hybridized carbons (Fsp3) is 0.846. The number of carboxylic acids is 1. The van der Waals surface area contributed by atoms with E-state index in [2.05, 4.69) is 0 Å². The normalized spacial score (nSPS) is 34.8. The summed E-state index contributed by atoms with van der Waals surface area (Å²) < 4.78 is 0. The number of nitrogens with zero attached hydrogens (tertiary/aromatic N) is 1. The molecule has 0 radical (unpaired) electrons. The van der Waals surface area contributed by atoms with Crippen LogP contribution in [0.1, 0.15) is 33.6 Å². The fourth-order valence-electron chi connectivity index (χ4n) is 2.68. The first-order valence-corrected chi connectivity index (χ1v) is 6.38. The maximum Gasteiger partial charge on any atom is 0.311 e. The lowest BCUT2D eigenvalue weighted by Crippen LogP contribution is -2.38. The van der Waals surface area contributed by atoms with Crippen molar-refractivity contribution in [3.05, 3.63) is 0 Å². The smallest absolute Gasteiger partial charge is 0.311 e. The van der Waals surface area contributed by atoms with Crippen molar-refractivity contribution in [2.75, 3.05) is 13.1 Å². The minimum Gasteiger partial charge on any atom is -0.481 e. The van der Waals surface area contributed by atoms with Crippen LogP contribution in [0.3, 0.4) is 0 Å². The molecule has 0 aromatic carbocycles. The van der Waals surface area contributed by atoms with E-state index < -0.39 is 11.4 Å². The van der Waals surface area contributed by atoms with Crippen molar-refractivity contribution in [2.45, 2.75) is 33.6 Å². The minimum absolute atomic E-state index is 0.0235. The number of carboxylic acid groups (broad SMARTS) is 1. The highest BCUT2D eigenvalue weighted by atomic mass is 16.4. The van der Waals surface area contributed by atoms with Crippen LogP contribution >= 0.6 is 0 Å². The molecule has 4 nitrogen and oxygen atoms in total. The second-order valence-electron chi connectivity index (χ2n) is 5.97. The van der Waals surface area contributed by atoms with Gasteiger partial charge in [0.25, 0.3) is 0 Å². The first-order valence-electron chi connectivity index (χ1n) is 6.38. The Morgan fingerprint density at radius 3 is 2.41 bits per heavy atom. The highest BCUT2D eigenvalue weighted by Crippen LogP contribution is 2.40. The molecule has 1 unspecified atom stereocenters. The number of aliphatic carboxylic acids is 1. The minimum atomic E-state index is -0.792. The topological polar surface area (TPSA) is 57.6 Å². The van der Waals surface area contributed by atoms with Gasteiger partial charge in [-0.15, -0.1) is 0 Å². The molecule has 1 amide bonds. The summed E-state index contributed by atoms with van der Waals surface area (Å²) in [5.74, 6) is -0.0214. The van der Waals surface area contributed by atoms with Gasteiger partial charge in [0.15, 0.2) is 0 Å². The van der Waals surface area contributed by atoms with Crippen molar-refractivity contribution in [3.8, 4) is 0 Å². The first kappa shape index (κ1) is 12.4. The van der Waals surface area contributed by atoms with Crippen molar-refractivity contribution < 1.29 is 14.7 Å².